The molecule has 0 aliphatic rings. The summed E-state index contributed by atoms with van der Waals surface area (Å²) in [4.78, 5) is 23.7. The Labute approximate surface area is 142 Å². The van der Waals surface area contributed by atoms with Crippen molar-refractivity contribution in [3.05, 3.63) is 24.3 Å². The molecule has 0 amide bonds. The molecule has 3 heteroatoms. The lowest BCUT2D eigenvalue weighted by atomic mass is 9.99. The zero-order valence-corrected chi connectivity index (χ0v) is 15.5. The lowest BCUT2D eigenvalue weighted by Gasteiger charge is -2.25. The van der Waals surface area contributed by atoms with Crippen molar-refractivity contribution in [3.8, 4) is 0 Å². The van der Waals surface area contributed by atoms with Crippen LogP contribution in [-0.4, -0.2) is 17.4 Å². The molecule has 132 valence electrons. The average molecular weight is 322 g/mol. The van der Waals surface area contributed by atoms with Gasteiger partial charge in [0.2, 0.25) is 0 Å². The molecule has 0 rings (SSSR count). The number of carbonyl (C=O) groups is 2. The van der Waals surface area contributed by atoms with Gasteiger partial charge in [0.25, 0.3) is 0 Å². The van der Waals surface area contributed by atoms with E-state index in [9.17, 15) is 9.59 Å². The van der Waals surface area contributed by atoms with Crippen LogP contribution >= 0.6 is 0 Å². The van der Waals surface area contributed by atoms with Gasteiger partial charge in [-0.2, -0.15) is 0 Å². The third kappa shape index (κ3) is 11.8. The highest BCUT2D eigenvalue weighted by molar-refractivity contribution is 5.83. The van der Waals surface area contributed by atoms with E-state index in [-0.39, 0.29) is 24.6 Å². The minimum absolute atomic E-state index is 0.155. The Hall–Kier alpha value is -1.38. The Bertz CT molecular complexity index is 405. The van der Waals surface area contributed by atoms with E-state index in [2.05, 4.69) is 19.6 Å². The predicted molar refractivity (Wildman–Crippen MR) is 96.4 cm³/mol. The fraction of sp³-hybridized carbons (Fsp3) is 0.700. The van der Waals surface area contributed by atoms with Crippen LogP contribution in [0, 0.1) is 0 Å². The number of Topliss-reactive ketones (excluding diaryl/α,β-unsaturated/α-hetero) is 1. The highest BCUT2D eigenvalue weighted by atomic mass is 16.6. The fourth-order valence-corrected chi connectivity index (χ4v) is 2.27. The zero-order chi connectivity index (χ0) is 17.7. The van der Waals surface area contributed by atoms with E-state index in [4.69, 9.17) is 4.74 Å². The van der Waals surface area contributed by atoms with Gasteiger partial charge in [-0.25, -0.2) is 0 Å². The van der Waals surface area contributed by atoms with Crippen molar-refractivity contribution in [3.63, 3.8) is 0 Å². The summed E-state index contributed by atoms with van der Waals surface area (Å²) >= 11 is 0. The predicted octanol–water partition coefficient (Wildman–Crippen LogP) is 5.54. The van der Waals surface area contributed by atoms with Gasteiger partial charge in [0.1, 0.15) is 11.4 Å². The van der Waals surface area contributed by atoms with Crippen LogP contribution in [0.2, 0.25) is 0 Å². The number of unbranched alkanes of at least 4 members (excludes halogenated alkanes) is 3. The number of rotatable bonds is 13. The molecule has 0 saturated carbocycles. The van der Waals surface area contributed by atoms with E-state index in [1.807, 2.05) is 20.8 Å². The maximum absolute atomic E-state index is 12.0. The summed E-state index contributed by atoms with van der Waals surface area (Å²) in [6.07, 6.45) is 10.7. The summed E-state index contributed by atoms with van der Waals surface area (Å²) in [5, 5.41) is 0. The van der Waals surface area contributed by atoms with Crippen molar-refractivity contribution in [2.24, 2.45) is 0 Å². The van der Waals surface area contributed by atoms with Gasteiger partial charge in [0.05, 0.1) is 6.42 Å². The number of ether oxygens (including phenoxy) is 1. The van der Waals surface area contributed by atoms with Crippen LogP contribution in [0.25, 0.3) is 0 Å². The largest absolute Gasteiger partial charge is 0.455 e. The minimum atomic E-state index is -0.660. The molecule has 0 aliphatic heterocycles. The van der Waals surface area contributed by atoms with Crippen LogP contribution in [0.4, 0.5) is 0 Å². The SMILES string of the molecule is C=CC(C)(CCC=C(C)C)OC(=O)CCC(=O)CCCCCC. The first-order valence-electron chi connectivity index (χ1n) is 8.83. The Morgan fingerprint density at radius 3 is 2.35 bits per heavy atom. The van der Waals surface area contributed by atoms with E-state index in [1.165, 1.54) is 12.0 Å². The van der Waals surface area contributed by atoms with Gasteiger partial charge in [-0.05, 0) is 46.1 Å². The van der Waals surface area contributed by atoms with Crippen LogP contribution in [0.5, 0.6) is 0 Å². The molecule has 0 spiro atoms. The van der Waals surface area contributed by atoms with Crippen LogP contribution in [0.1, 0.15) is 85.5 Å². The van der Waals surface area contributed by atoms with Gasteiger partial charge in [0, 0.05) is 12.8 Å². The van der Waals surface area contributed by atoms with Gasteiger partial charge in [0.15, 0.2) is 0 Å². The number of allylic oxidation sites excluding steroid dienone is 2. The maximum atomic E-state index is 12.0. The summed E-state index contributed by atoms with van der Waals surface area (Å²) in [7, 11) is 0. The van der Waals surface area contributed by atoms with Gasteiger partial charge in [-0.15, -0.1) is 0 Å². The second kappa shape index (κ2) is 12.1. The van der Waals surface area contributed by atoms with Crippen LogP contribution < -0.4 is 0 Å². The Morgan fingerprint density at radius 1 is 1.09 bits per heavy atom. The summed E-state index contributed by atoms with van der Waals surface area (Å²) in [6.45, 7) is 11.9. The molecular formula is C20H34O3. The normalized spacial score (nSPS) is 13.0. The van der Waals surface area contributed by atoms with E-state index in [1.54, 1.807) is 6.08 Å². The first-order valence-corrected chi connectivity index (χ1v) is 8.83. The fourth-order valence-electron chi connectivity index (χ4n) is 2.27. The second-order valence-corrected chi connectivity index (χ2v) is 6.66. The highest BCUT2D eigenvalue weighted by Crippen LogP contribution is 2.21. The third-order valence-electron chi connectivity index (χ3n) is 3.89. The Kier molecular flexibility index (Phi) is 11.4. The zero-order valence-electron chi connectivity index (χ0n) is 15.5. The van der Waals surface area contributed by atoms with Crippen LogP contribution in [0.3, 0.4) is 0 Å². The van der Waals surface area contributed by atoms with Crippen LogP contribution in [0.15, 0.2) is 24.3 Å². The van der Waals surface area contributed by atoms with E-state index >= 15 is 0 Å². The standard InChI is InChI=1S/C20H34O3/c1-6-8-9-10-13-18(21)14-15-19(22)23-20(5,7-2)16-11-12-17(3)4/h7,12H,2,6,8-11,13-16H2,1,3-5H3. The Morgan fingerprint density at radius 2 is 1.78 bits per heavy atom. The summed E-state index contributed by atoms with van der Waals surface area (Å²) in [6, 6.07) is 0. The van der Waals surface area contributed by atoms with Crippen molar-refractivity contribution >= 4 is 11.8 Å². The number of hydrogen-bond acceptors (Lipinski definition) is 3. The lowest BCUT2D eigenvalue weighted by Crippen LogP contribution is -2.29. The van der Waals surface area contributed by atoms with Crippen molar-refractivity contribution in [1.82, 2.24) is 0 Å². The maximum Gasteiger partial charge on any atom is 0.307 e. The topological polar surface area (TPSA) is 43.4 Å². The quantitative estimate of drug-likeness (QED) is 0.254. The molecule has 0 saturated heterocycles. The number of hydrogen-bond donors (Lipinski definition) is 0. The molecule has 1 atom stereocenters. The first kappa shape index (κ1) is 21.6. The summed E-state index contributed by atoms with van der Waals surface area (Å²) in [5.41, 5.74) is 0.587. The first-order chi connectivity index (χ1) is 10.8. The molecule has 0 bridgehead atoms. The molecule has 0 heterocycles. The molecule has 0 fully saturated rings. The third-order valence-corrected chi connectivity index (χ3v) is 3.89. The van der Waals surface area contributed by atoms with Gasteiger partial charge < -0.3 is 4.74 Å². The van der Waals surface area contributed by atoms with Gasteiger partial charge in [-0.3, -0.25) is 9.59 Å². The second-order valence-electron chi connectivity index (χ2n) is 6.66. The number of carbonyl (C=O) groups excluding carboxylic acids is 2. The average Bonchev–Trinajstić information content (AvgIpc) is 2.49. The monoisotopic (exact) mass is 322 g/mol. The molecular weight excluding hydrogens is 288 g/mol. The lowest BCUT2D eigenvalue weighted by molar-refractivity contribution is -0.155. The van der Waals surface area contributed by atoms with Gasteiger partial charge in [-0.1, -0.05) is 44.4 Å². The molecule has 0 aromatic rings. The molecule has 0 aromatic heterocycles. The number of ketones is 1. The number of esters is 1. The molecule has 0 aliphatic carbocycles. The van der Waals surface area contributed by atoms with E-state index in [0.717, 1.165) is 25.7 Å². The minimum Gasteiger partial charge on any atom is -0.455 e. The molecule has 0 radical (unpaired) electrons. The van der Waals surface area contributed by atoms with E-state index < -0.39 is 5.60 Å². The highest BCUT2D eigenvalue weighted by Gasteiger charge is 2.24. The molecule has 0 N–H and O–H groups in total. The molecule has 0 aromatic carbocycles. The summed E-state index contributed by atoms with van der Waals surface area (Å²) < 4.78 is 5.52. The Balaban J connectivity index is 4.11. The summed E-state index contributed by atoms with van der Waals surface area (Å²) in [5.74, 6) is -0.158. The van der Waals surface area contributed by atoms with Gasteiger partial charge >= 0.3 is 5.97 Å². The van der Waals surface area contributed by atoms with Crippen molar-refractivity contribution in [1.29, 1.82) is 0 Å². The van der Waals surface area contributed by atoms with Crippen molar-refractivity contribution in [2.75, 3.05) is 0 Å². The van der Waals surface area contributed by atoms with Crippen LogP contribution in [-0.2, 0) is 14.3 Å². The van der Waals surface area contributed by atoms with Crippen molar-refractivity contribution < 1.29 is 14.3 Å². The molecule has 1 unspecified atom stereocenters. The van der Waals surface area contributed by atoms with Crippen molar-refractivity contribution in [2.45, 2.75) is 91.1 Å². The molecule has 23 heavy (non-hydrogen) atoms. The molecule has 3 nitrogen and oxygen atoms in total. The smallest absolute Gasteiger partial charge is 0.307 e. The van der Waals surface area contributed by atoms with E-state index in [0.29, 0.717) is 12.8 Å².